The van der Waals surface area contributed by atoms with Crippen molar-refractivity contribution in [2.45, 2.75) is 130 Å². The predicted molar refractivity (Wildman–Crippen MR) is 196 cm³/mol. The maximum atomic E-state index is 14.6. The Labute approximate surface area is 297 Å². The van der Waals surface area contributed by atoms with Gasteiger partial charge in [0.1, 0.15) is 29.2 Å². The lowest BCUT2D eigenvalue weighted by molar-refractivity contribution is -0.121. The van der Waals surface area contributed by atoms with Crippen molar-refractivity contribution >= 4 is 37.3 Å². The van der Waals surface area contributed by atoms with Gasteiger partial charge in [0.2, 0.25) is 5.91 Å². The van der Waals surface area contributed by atoms with Crippen LogP contribution < -0.4 is 11.1 Å². The fraction of sp³-hybridized carbons (Fsp3) is 0.649. The first-order valence-electron chi connectivity index (χ1n) is 18.3. The van der Waals surface area contributed by atoms with Crippen LogP contribution in [0, 0.1) is 31.6 Å². The lowest BCUT2D eigenvalue weighted by Crippen LogP contribution is -2.39. The second-order valence-electron chi connectivity index (χ2n) is 15.4. The molecule has 0 aromatic carbocycles. The Bertz CT molecular complexity index is 1580. The second kappa shape index (κ2) is 16.3. The molecule has 0 aliphatic heterocycles. The maximum absolute atomic E-state index is 14.6. The molecule has 0 saturated heterocycles. The number of hydrogen-bond donors (Lipinski definition) is 2. The number of carbonyl (C=O) groups is 2. The Hall–Kier alpha value is -3.02. The van der Waals surface area contributed by atoms with E-state index in [0.717, 1.165) is 79.9 Å². The van der Waals surface area contributed by atoms with Crippen LogP contribution in [0.25, 0.3) is 11.1 Å². The number of ether oxygens (including phenoxy) is 1. The van der Waals surface area contributed by atoms with Gasteiger partial charge < -0.3 is 20.3 Å². The number of nitrogens with two attached hydrogens (primary N) is 1. The van der Waals surface area contributed by atoms with Crippen molar-refractivity contribution in [3.8, 4) is 11.1 Å². The molecule has 0 radical (unpaired) electrons. The van der Waals surface area contributed by atoms with E-state index in [1.807, 2.05) is 31.5 Å². The zero-order valence-corrected chi connectivity index (χ0v) is 32.0. The number of hydrogen-bond acceptors (Lipinski definition) is 7. The summed E-state index contributed by atoms with van der Waals surface area (Å²) in [4.78, 5) is 32.1. The summed E-state index contributed by atoms with van der Waals surface area (Å²) in [5, 5.41) is 12.3. The molecule has 0 spiro atoms. The van der Waals surface area contributed by atoms with E-state index in [1.165, 1.54) is 12.8 Å². The average Bonchev–Trinajstić information content (AvgIpc) is 3.62. The molecule has 10 nitrogen and oxygen atoms in total. The summed E-state index contributed by atoms with van der Waals surface area (Å²) in [5.41, 5.74) is 10.1. The summed E-state index contributed by atoms with van der Waals surface area (Å²) in [5.74, 6) is -0.321. The number of primary amides is 1. The largest absolute Gasteiger partial charge is 0.365 e. The first-order chi connectivity index (χ1) is 23.4. The highest BCUT2D eigenvalue weighted by Crippen LogP contribution is 2.48. The first-order valence-corrected chi connectivity index (χ1v) is 22.4. The third-order valence-corrected chi connectivity index (χ3v) is 12.7. The molecule has 0 bridgehead atoms. The molecular weight excluding hydrogens is 656 g/mol. The molecule has 1 atom stereocenters. The molecule has 268 valence electrons. The van der Waals surface area contributed by atoms with E-state index in [1.54, 1.807) is 6.07 Å². The Morgan fingerprint density at radius 1 is 1.06 bits per heavy atom. The van der Waals surface area contributed by atoms with Gasteiger partial charge in [-0.05, 0) is 56.2 Å². The van der Waals surface area contributed by atoms with Crippen LogP contribution >= 0.6 is 11.6 Å². The van der Waals surface area contributed by atoms with E-state index in [9.17, 15) is 9.59 Å². The Kier molecular flexibility index (Phi) is 12.4. The van der Waals surface area contributed by atoms with Crippen LogP contribution in [0.3, 0.4) is 0 Å². The molecule has 2 fully saturated rings. The minimum atomic E-state index is -1.19. The van der Waals surface area contributed by atoms with Crippen LogP contribution in [0.15, 0.2) is 16.7 Å². The zero-order chi connectivity index (χ0) is 35.3. The van der Waals surface area contributed by atoms with Gasteiger partial charge in [-0.3, -0.25) is 9.59 Å². The van der Waals surface area contributed by atoms with Gasteiger partial charge in [-0.25, -0.2) is 9.67 Å². The summed E-state index contributed by atoms with van der Waals surface area (Å²) in [6.07, 6.45) is 11.7. The second-order valence-corrected chi connectivity index (χ2v) is 21.3. The molecule has 1 unspecified atom stereocenters. The number of nitrogens with one attached hydrogen (secondary N) is 1. The predicted octanol–water partition coefficient (Wildman–Crippen LogP) is 8.68. The molecule has 2 amide bonds. The van der Waals surface area contributed by atoms with Gasteiger partial charge in [0.15, 0.2) is 5.76 Å². The van der Waals surface area contributed by atoms with Gasteiger partial charge in [0, 0.05) is 31.5 Å². The van der Waals surface area contributed by atoms with Crippen molar-refractivity contribution < 1.29 is 18.8 Å². The number of nitrogens with zero attached hydrogens (tertiary/aromatic N) is 4. The molecule has 2 saturated carbocycles. The molecule has 3 heterocycles. The minimum Gasteiger partial charge on any atom is -0.365 e. The van der Waals surface area contributed by atoms with E-state index in [0.29, 0.717) is 43.1 Å². The fourth-order valence-electron chi connectivity index (χ4n) is 8.13. The highest BCUT2D eigenvalue weighted by Gasteiger charge is 2.45. The Morgan fingerprint density at radius 3 is 2.24 bits per heavy atom. The highest BCUT2D eigenvalue weighted by molar-refractivity contribution is 6.76. The molecule has 3 aromatic rings. The van der Waals surface area contributed by atoms with Crippen molar-refractivity contribution in [2.75, 3.05) is 11.9 Å². The Balaban J connectivity index is 1.45. The van der Waals surface area contributed by atoms with Gasteiger partial charge in [0.05, 0.1) is 11.4 Å². The molecule has 49 heavy (non-hydrogen) atoms. The van der Waals surface area contributed by atoms with Crippen LogP contribution in [-0.2, 0) is 22.7 Å². The van der Waals surface area contributed by atoms with Crippen LogP contribution in [0.2, 0.25) is 30.8 Å². The molecule has 3 N–H and O–H groups in total. The van der Waals surface area contributed by atoms with Gasteiger partial charge in [-0.1, -0.05) is 108 Å². The van der Waals surface area contributed by atoms with E-state index in [-0.39, 0.29) is 28.3 Å². The van der Waals surface area contributed by atoms with E-state index in [2.05, 4.69) is 35.1 Å². The number of anilines is 1. The van der Waals surface area contributed by atoms with Gasteiger partial charge in [-0.15, -0.1) is 0 Å². The summed E-state index contributed by atoms with van der Waals surface area (Å²) in [7, 11) is -1.19. The van der Waals surface area contributed by atoms with Crippen molar-refractivity contribution in [1.82, 2.24) is 19.9 Å². The summed E-state index contributed by atoms with van der Waals surface area (Å²) in [6.45, 7) is 13.9. The van der Waals surface area contributed by atoms with Crippen LogP contribution in [0.5, 0.6) is 0 Å². The van der Waals surface area contributed by atoms with Gasteiger partial charge in [0.25, 0.3) is 5.91 Å². The summed E-state index contributed by atoms with van der Waals surface area (Å²) in [6, 6.07) is 4.75. The zero-order valence-electron chi connectivity index (χ0n) is 30.2. The Morgan fingerprint density at radius 2 is 1.69 bits per heavy atom. The lowest BCUT2D eigenvalue weighted by Gasteiger charge is -2.41. The highest BCUT2D eigenvalue weighted by atomic mass is 35.5. The fourth-order valence-corrected chi connectivity index (χ4v) is 9.13. The minimum absolute atomic E-state index is 0.00444. The quantitative estimate of drug-likeness (QED) is 0.0970. The molecular formula is C37H55ClN6O4Si. The monoisotopic (exact) mass is 710 g/mol. The molecule has 5 rings (SSSR count). The van der Waals surface area contributed by atoms with Crippen molar-refractivity contribution in [2.24, 2.45) is 23.5 Å². The van der Waals surface area contributed by atoms with Crippen molar-refractivity contribution in [1.29, 1.82) is 0 Å². The number of rotatable bonds is 14. The van der Waals surface area contributed by atoms with Crippen LogP contribution in [0.1, 0.15) is 110 Å². The third-order valence-electron chi connectivity index (χ3n) is 10.7. The van der Waals surface area contributed by atoms with Crippen LogP contribution in [0.4, 0.5) is 5.82 Å². The number of aromatic nitrogens is 4. The average molecular weight is 711 g/mol. The number of carbonyl (C=O) groups excluding carboxylic acids is 2. The number of halogens is 1. The van der Waals surface area contributed by atoms with Crippen molar-refractivity contribution in [3.63, 3.8) is 0 Å². The summed E-state index contributed by atoms with van der Waals surface area (Å²) >= 11 is 6.85. The standard InChI is InChI=1S/C37H55ClN6O4Si/c1-7-28-32(36(39)45)34(48-43-28)33(31(25-14-10-8-11-15-25)26-16-12-9-13-17-26)37(46)41-29-19-18-27(35(38)40-29)30-23(2)42-44(24(30)3)22-47-20-21-49(4,5)6/h18-19,25-26,31,33H,7-17,20-22H2,1-6H3,(H2,39,45)(H,40,41,46). The smallest absolute Gasteiger partial charge is 0.254 e. The van der Waals surface area contributed by atoms with Gasteiger partial charge in [-0.2, -0.15) is 5.10 Å². The van der Waals surface area contributed by atoms with Gasteiger partial charge >= 0.3 is 0 Å². The first kappa shape index (κ1) is 37.2. The van der Waals surface area contributed by atoms with Crippen LogP contribution in [-0.4, -0.2) is 46.4 Å². The topological polar surface area (TPSA) is 138 Å². The lowest BCUT2D eigenvalue weighted by atomic mass is 9.63. The number of amides is 2. The number of pyridine rings is 1. The molecule has 3 aromatic heterocycles. The normalized spacial score (nSPS) is 17.1. The molecule has 2 aliphatic carbocycles. The maximum Gasteiger partial charge on any atom is 0.254 e. The number of aryl methyl sites for hydroxylation is 2. The van der Waals surface area contributed by atoms with Crippen molar-refractivity contribution in [3.05, 3.63) is 45.7 Å². The third kappa shape index (κ3) is 8.83. The molecule has 12 heteroatoms. The SMILES string of the molecule is CCc1noc(C(C(=O)Nc2ccc(-c3c(C)nn(COCC[Si](C)(C)C)c3C)c(Cl)n2)C(C2CCCCC2)C2CCCCC2)c1C(N)=O. The van der Waals surface area contributed by atoms with E-state index in [4.69, 9.17) is 31.7 Å². The summed E-state index contributed by atoms with van der Waals surface area (Å²) < 4.78 is 13.8. The van der Waals surface area contributed by atoms with E-state index >= 15 is 0 Å². The van der Waals surface area contributed by atoms with E-state index < -0.39 is 19.9 Å². The molecule has 2 aliphatic rings.